The van der Waals surface area contributed by atoms with E-state index in [0.29, 0.717) is 0 Å². The van der Waals surface area contributed by atoms with Gasteiger partial charge in [0.25, 0.3) is 0 Å². The third kappa shape index (κ3) is 2.69. The molecule has 0 aromatic heterocycles. The molecule has 2 unspecified atom stereocenters. The lowest BCUT2D eigenvalue weighted by Crippen LogP contribution is -2.44. The smallest absolute Gasteiger partial charge is 0.0646 e. The van der Waals surface area contributed by atoms with Crippen LogP contribution < -0.4 is 10.6 Å². The van der Waals surface area contributed by atoms with Gasteiger partial charge in [-0.1, -0.05) is 0 Å². The minimum Gasteiger partial charge on any atom is -0.379 e. The van der Waals surface area contributed by atoms with Gasteiger partial charge >= 0.3 is 0 Å². The highest BCUT2D eigenvalue weighted by Gasteiger charge is 2.28. The maximum absolute atomic E-state index is 5.40. The molecule has 0 aliphatic carbocycles. The van der Waals surface area contributed by atoms with E-state index in [1.807, 2.05) is 0 Å². The Labute approximate surface area is 86.6 Å². The fourth-order valence-electron chi connectivity index (χ4n) is 2.36. The molecule has 2 aliphatic heterocycles. The van der Waals surface area contributed by atoms with Crippen LogP contribution in [0.2, 0.25) is 0 Å². The van der Waals surface area contributed by atoms with Gasteiger partial charge in [0.2, 0.25) is 0 Å². The quantitative estimate of drug-likeness (QED) is 0.704. The molecule has 0 bridgehead atoms. The Hall–Kier alpha value is -0.120. The van der Waals surface area contributed by atoms with Crippen molar-refractivity contribution in [3.8, 4) is 0 Å². The molecule has 82 valence electrons. The van der Waals surface area contributed by atoms with Crippen molar-refractivity contribution in [1.82, 2.24) is 10.6 Å². The maximum Gasteiger partial charge on any atom is 0.0646 e. The van der Waals surface area contributed by atoms with Gasteiger partial charge in [-0.15, -0.1) is 0 Å². The molecule has 0 saturated carbocycles. The first-order chi connectivity index (χ1) is 6.79. The van der Waals surface area contributed by atoms with Crippen LogP contribution in [-0.4, -0.2) is 37.9 Å². The molecule has 0 radical (unpaired) electrons. The van der Waals surface area contributed by atoms with E-state index < -0.39 is 0 Å². The van der Waals surface area contributed by atoms with E-state index in [1.165, 1.54) is 25.8 Å². The number of rotatable bonds is 4. The van der Waals surface area contributed by atoms with Crippen molar-refractivity contribution in [2.24, 2.45) is 0 Å². The Morgan fingerprint density at radius 3 is 3.14 bits per heavy atom. The van der Waals surface area contributed by atoms with Crippen molar-refractivity contribution in [2.45, 2.75) is 44.2 Å². The Balaban J connectivity index is 1.61. The second-order valence-corrected chi connectivity index (χ2v) is 4.87. The van der Waals surface area contributed by atoms with E-state index >= 15 is 0 Å². The molecule has 14 heavy (non-hydrogen) atoms. The number of ether oxygens (including phenoxy) is 1. The molecule has 2 atom stereocenters. The fraction of sp³-hybridized carbons (Fsp3) is 1.00. The topological polar surface area (TPSA) is 33.3 Å². The standard InChI is InChI=1S/C11H22N2O/c1-11(5-8-14-9-11)13-7-4-10-3-2-6-12-10/h10,12-13H,2-9H2,1H3. The maximum atomic E-state index is 5.40. The molecule has 2 aliphatic rings. The van der Waals surface area contributed by atoms with Crippen molar-refractivity contribution in [3.05, 3.63) is 0 Å². The average Bonchev–Trinajstić information content (AvgIpc) is 2.77. The molecule has 0 amide bonds. The summed E-state index contributed by atoms with van der Waals surface area (Å²) in [6.45, 7) is 6.40. The summed E-state index contributed by atoms with van der Waals surface area (Å²) in [4.78, 5) is 0. The second-order valence-electron chi connectivity index (χ2n) is 4.87. The van der Waals surface area contributed by atoms with Gasteiger partial charge in [0.1, 0.15) is 0 Å². The fourth-order valence-corrected chi connectivity index (χ4v) is 2.36. The molecule has 0 aromatic rings. The molecule has 3 heteroatoms. The average molecular weight is 198 g/mol. The number of hydrogen-bond acceptors (Lipinski definition) is 3. The van der Waals surface area contributed by atoms with E-state index in [2.05, 4.69) is 17.6 Å². The molecule has 3 nitrogen and oxygen atoms in total. The zero-order chi connectivity index (χ0) is 9.86. The van der Waals surface area contributed by atoms with Crippen molar-refractivity contribution < 1.29 is 4.74 Å². The van der Waals surface area contributed by atoms with Crippen LogP contribution in [0.4, 0.5) is 0 Å². The molecule has 0 spiro atoms. The second kappa shape index (κ2) is 4.60. The molecule has 2 heterocycles. The van der Waals surface area contributed by atoms with Gasteiger partial charge < -0.3 is 15.4 Å². The molecular formula is C11H22N2O. The first kappa shape index (κ1) is 10.4. The third-order valence-electron chi connectivity index (χ3n) is 3.43. The van der Waals surface area contributed by atoms with Gasteiger partial charge in [-0.05, 0) is 45.7 Å². The number of hydrogen-bond donors (Lipinski definition) is 2. The minimum atomic E-state index is 0.249. The Kier molecular flexibility index (Phi) is 3.42. The lowest BCUT2D eigenvalue weighted by Gasteiger charge is -2.24. The highest BCUT2D eigenvalue weighted by Crippen LogP contribution is 2.17. The van der Waals surface area contributed by atoms with E-state index in [-0.39, 0.29) is 5.54 Å². The van der Waals surface area contributed by atoms with Crippen LogP contribution in [-0.2, 0) is 4.74 Å². The van der Waals surface area contributed by atoms with Gasteiger partial charge in [-0.25, -0.2) is 0 Å². The van der Waals surface area contributed by atoms with Crippen LogP contribution in [0.3, 0.4) is 0 Å². The van der Waals surface area contributed by atoms with Crippen molar-refractivity contribution in [2.75, 3.05) is 26.3 Å². The zero-order valence-corrected chi connectivity index (χ0v) is 9.14. The van der Waals surface area contributed by atoms with Crippen LogP contribution in [0, 0.1) is 0 Å². The molecule has 2 rings (SSSR count). The summed E-state index contributed by atoms with van der Waals surface area (Å²) in [5, 5.41) is 7.14. The lowest BCUT2D eigenvalue weighted by molar-refractivity contribution is 0.171. The van der Waals surface area contributed by atoms with E-state index in [1.54, 1.807) is 0 Å². The Morgan fingerprint density at radius 2 is 2.50 bits per heavy atom. The first-order valence-electron chi connectivity index (χ1n) is 5.85. The summed E-state index contributed by atoms with van der Waals surface area (Å²) in [5.74, 6) is 0. The van der Waals surface area contributed by atoms with Crippen LogP contribution in [0.1, 0.15) is 32.6 Å². The first-order valence-corrected chi connectivity index (χ1v) is 5.85. The molecule has 2 N–H and O–H groups in total. The zero-order valence-electron chi connectivity index (χ0n) is 9.14. The summed E-state index contributed by atoms with van der Waals surface area (Å²) < 4.78 is 5.40. The van der Waals surface area contributed by atoms with Crippen molar-refractivity contribution >= 4 is 0 Å². The van der Waals surface area contributed by atoms with Gasteiger partial charge in [-0.3, -0.25) is 0 Å². The van der Waals surface area contributed by atoms with Gasteiger partial charge in [0.05, 0.1) is 6.61 Å². The number of nitrogens with one attached hydrogen (secondary N) is 2. The molecule has 2 saturated heterocycles. The van der Waals surface area contributed by atoms with E-state index in [4.69, 9.17) is 4.74 Å². The minimum absolute atomic E-state index is 0.249. The Bertz CT molecular complexity index is 172. The van der Waals surface area contributed by atoms with Crippen molar-refractivity contribution in [1.29, 1.82) is 0 Å². The summed E-state index contributed by atoms with van der Waals surface area (Å²) in [5.41, 5.74) is 0.249. The monoisotopic (exact) mass is 198 g/mol. The predicted molar refractivity (Wildman–Crippen MR) is 57.5 cm³/mol. The molecule has 2 fully saturated rings. The van der Waals surface area contributed by atoms with Crippen LogP contribution in [0.5, 0.6) is 0 Å². The van der Waals surface area contributed by atoms with Crippen LogP contribution in [0.15, 0.2) is 0 Å². The summed E-state index contributed by atoms with van der Waals surface area (Å²) in [7, 11) is 0. The highest BCUT2D eigenvalue weighted by molar-refractivity contribution is 4.87. The third-order valence-corrected chi connectivity index (χ3v) is 3.43. The van der Waals surface area contributed by atoms with E-state index in [0.717, 1.165) is 32.2 Å². The van der Waals surface area contributed by atoms with Crippen LogP contribution >= 0.6 is 0 Å². The molecular weight excluding hydrogens is 176 g/mol. The van der Waals surface area contributed by atoms with Gasteiger partial charge in [-0.2, -0.15) is 0 Å². The summed E-state index contributed by atoms with van der Waals surface area (Å²) in [6, 6.07) is 0.758. The predicted octanol–water partition coefficient (Wildman–Crippen LogP) is 0.897. The summed E-state index contributed by atoms with van der Waals surface area (Å²) in [6.07, 6.45) is 5.13. The van der Waals surface area contributed by atoms with E-state index in [9.17, 15) is 0 Å². The lowest BCUT2D eigenvalue weighted by atomic mass is 10.0. The van der Waals surface area contributed by atoms with Crippen LogP contribution in [0.25, 0.3) is 0 Å². The SMILES string of the molecule is CC1(NCCC2CCCN2)CCOC1. The molecule has 0 aromatic carbocycles. The largest absolute Gasteiger partial charge is 0.379 e. The Morgan fingerprint density at radius 1 is 1.57 bits per heavy atom. The van der Waals surface area contributed by atoms with Gasteiger partial charge in [0, 0.05) is 18.2 Å². The van der Waals surface area contributed by atoms with Gasteiger partial charge in [0.15, 0.2) is 0 Å². The normalized spacial score (nSPS) is 37.9. The summed E-state index contributed by atoms with van der Waals surface area (Å²) >= 11 is 0. The van der Waals surface area contributed by atoms with Crippen molar-refractivity contribution in [3.63, 3.8) is 0 Å². The highest BCUT2D eigenvalue weighted by atomic mass is 16.5.